The largest absolute Gasteiger partial charge is 0.444 e. The van der Waals surface area contributed by atoms with E-state index < -0.39 is 0 Å². The number of aromatic amines is 1. The molecule has 0 radical (unpaired) electrons. The van der Waals surface area contributed by atoms with Gasteiger partial charge in [0.15, 0.2) is 4.77 Å². The molecular weight excluding hydrogens is 248 g/mol. The molecule has 0 amide bonds. The fourth-order valence-corrected chi connectivity index (χ4v) is 2.18. The second-order valence-corrected chi connectivity index (χ2v) is 4.55. The van der Waals surface area contributed by atoms with Crippen molar-refractivity contribution in [1.82, 2.24) is 19.5 Å². The predicted molar refractivity (Wildman–Crippen MR) is 70.0 cm³/mol. The standard InChI is InChI=1S/C12H12N4OS/c1-7-8(2)17-11(14-7)6-16-10-3-4-13-5-9(10)15-12(16)18/h3-5H,6H2,1-2H3,(H,15,18). The summed E-state index contributed by atoms with van der Waals surface area (Å²) in [6.45, 7) is 4.36. The zero-order chi connectivity index (χ0) is 12.7. The summed E-state index contributed by atoms with van der Waals surface area (Å²) in [6, 6.07) is 1.92. The molecule has 0 fully saturated rings. The first-order chi connectivity index (χ1) is 8.65. The van der Waals surface area contributed by atoms with Gasteiger partial charge in [-0.1, -0.05) is 0 Å². The van der Waals surface area contributed by atoms with E-state index in [1.54, 1.807) is 12.4 Å². The molecule has 92 valence electrons. The van der Waals surface area contributed by atoms with Gasteiger partial charge >= 0.3 is 0 Å². The molecule has 0 unspecified atom stereocenters. The first-order valence-electron chi connectivity index (χ1n) is 5.60. The first kappa shape index (κ1) is 11.2. The predicted octanol–water partition coefficient (Wildman–Crippen LogP) is 2.75. The molecule has 0 spiro atoms. The molecule has 0 aliphatic carbocycles. The highest BCUT2D eigenvalue weighted by molar-refractivity contribution is 7.71. The number of aromatic nitrogens is 4. The molecule has 3 aromatic heterocycles. The fourth-order valence-electron chi connectivity index (χ4n) is 1.91. The van der Waals surface area contributed by atoms with Crippen LogP contribution in [0.2, 0.25) is 0 Å². The van der Waals surface area contributed by atoms with Crippen LogP contribution in [0.15, 0.2) is 22.9 Å². The van der Waals surface area contributed by atoms with Crippen molar-refractivity contribution in [2.75, 3.05) is 0 Å². The minimum atomic E-state index is 0.525. The molecule has 18 heavy (non-hydrogen) atoms. The van der Waals surface area contributed by atoms with Crippen LogP contribution in [0.3, 0.4) is 0 Å². The van der Waals surface area contributed by atoms with Gasteiger partial charge in [0.05, 0.1) is 22.9 Å². The number of oxazole rings is 1. The lowest BCUT2D eigenvalue weighted by Gasteiger charge is -2.00. The molecule has 0 saturated carbocycles. The number of hydrogen-bond donors (Lipinski definition) is 1. The van der Waals surface area contributed by atoms with Crippen molar-refractivity contribution < 1.29 is 4.42 Å². The molecule has 0 aliphatic rings. The van der Waals surface area contributed by atoms with Gasteiger partial charge in [-0.2, -0.15) is 0 Å². The van der Waals surface area contributed by atoms with Crippen LogP contribution in [0.5, 0.6) is 0 Å². The zero-order valence-corrected chi connectivity index (χ0v) is 10.9. The maximum Gasteiger partial charge on any atom is 0.214 e. The third-order valence-corrected chi connectivity index (χ3v) is 3.26. The Bertz CT molecular complexity index is 748. The van der Waals surface area contributed by atoms with Crippen molar-refractivity contribution >= 4 is 23.3 Å². The van der Waals surface area contributed by atoms with Crippen LogP contribution in [0.1, 0.15) is 17.3 Å². The number of fused-ring (bicyclic) bond motifs is 1. The van der Waals surface area contributed by atoms with E-state index in [-0.39, 0.29) is 0 Å². The summed E-state index contributed by atoms with van der Waals surface area (Å²) in [5.41, 5.74) is 2.84. The van der Waals surface area contributed by atoms with E-state index in [0.29, 0.717) is 17.2 Å². The summed E-state index contributed by atoms with van der Waals surface area (Å²) in [5.74, 6) is 1.51. The monoisotopic (exact) mass is 260 g/mol. The third kappa shape index (κ3) is 1.74. The summed E-state index contributed by atoms with van der Waals surface area (Å²) in [4.78, 5) is 11.5. The molecule has 6 heteroatoms. The Morgan fingerprint density at radius 3 is 3.00 bits per heavy atom. The number of pyridine rings is 1. The van der Waals surface area contributed by atoms with Gasteiger partial charge in [-0.15, -0.1) is 0 Å². The molecule has 0 bridgehead atoms. The highest BCUT2D eigenvalue weighted by Crippen LogP contribution is 2.15. The normalized spacial score (nSPS) is 11.2. The molecule has 0 aromatic carbocycles. The molecule has 0 atom stereocenters. The highest BCUT2D eigenvalue weighted by Gasteiger charge is 2.09. The molecule has 3 heterocycles. The third-order valence-electron chi connectivity index (χ3n) is 2.94. The summed E-state index contributed by atoms with van der Waals surface area (Å²) in [6.07, 6.45) is 3.50. The van der Waals surface area contributed by atoms with Crippen molar-refractivity contribution in [1.29, 1.82) is 0 Å². The molecule has 1 N–H and O–H groups in total. The zero-order valence-electron chi connectivity index (χ0n) is 10.1. The number of nitrogens with zero attached hydrogens (tertiary/aromatic N) is 3. The second kappa shape index (κ2) is 4.06. The van der Waals surface area contributed by atoms with Gasteiger partial charge in [0.2, 0.25) is 5.89 Å². The molecule has 5 nitrogen and oxygen atoms in total. The van der Waals surface area contributed by atoms with Crippen molar-refractivity contribution in [3.8, 4) is 0 Å². The van der Waals surface area contributed by atoms with Crippen molar-refractivity contribution in [2.45, 2.75) is 20.4 Å². The van der Waals surface area contributed by atoms with Gasteiger partial charge < -0.3 is 14.0 Å². The van der Waals surface area contributed by atoms with Crippen LogP contribution in [-0.2, 0) is 6.54 Å². The van der Waals surface area contributed by atoms with Gasteiger partial charge in [0.1, 0.15) is 12.3 Å². The lowest BCUT2D eigenvalue weighted by molar-refractivity contribution is 0.458. The molecule has 3 rings (SSSR count). The number of H-pyrrole nitrogens is 1. The summed E-state index contributed by atoms with van der Waals surface area (Å²) >= 11 is 5.30. The molecule has 0 aliphatic heterocycles. The minimum Gasteiger partial charge on any atom is -0.444 e. The van der Waals surface area contributed by atoms with E-state index >= 15 is 0 Å². The van der Waals surface area contributed by atoms with E-state index in [0.717, 1.165) is 22.5 Å². The Morgan fingerprint density at radius 2 is 2.28 bits per heavy atom. The van der Waals surface area contributed by atoms with Crippen LogP contribution in [0.4, 0.5) is 0 Å². The van der Waals surface area contributed by atoms with Crippen LogP contribution < -0.4 is 0 Å². The summed E-state index contributed by atoms with van der Waals surface area (Å²) in [7, 11) is 0. The lowest BCUT2D eigenvalue weighted by Crippen LogP contribution is -1.99. The Morgan fingerprint density at radius 1 is 1.44 bits per heavy atom. The van der Waals surface area contributed by atoms with Crippen LogP contribution in [0.25, 0.3) is 11.0 Å². The Hall–Kier alpha value is -1.95. The number of aryl methyl sites for hydroxylation is 2. The highest BCUT2D eigenvalue weighted by atomic mass is 32.1. The van der Waals surface area contributed by atoms with E-state index in [4.69, 9.17) is 16.6 Å². The van der Waals surface area contributed by atoms with E-state index in [9.17, 15) is 0 Å². The van der Waals surface area contributed by atoms with Crippen LogP contribution in [-0.4, -0.2) is 19.5 Å². The average Bonchev–Trinajstić information content (AvgIpc) is 2.82. The average molecular weight is 260 g/mol. The van der Waals surface area contributed by atoms with Gasteiger partial charge in [0.25, 0.3) is 0 Å². The Balaban J connectivity index is 2.09. The van der Waals surface area contributed by atoms with Crippen molar-refractivity contribution in [3.63, 3.8) is 0 Å². The maximum atomic E-state index is 5.58. The van der Waals surface area contributed by atoms with Crippen molar-refractivity contribution in [2.24, 2.45) is 0 Å². The van der Waals surface area contributed by atoms with Crippen LogP contribution in [0, 0.1) is 18.6 Å². The fraction of sp³-hybridized carbons (Fsp3) is 0.250. The molecule has 3 aromatic rings. The molecule has 0 saturated heterocycles. The second-order valence-electron chi connectivity index (χ2n) is 4.16. The minimum absolute atomic E-state index is 0.525. The van der Waals surface area contributed by atoms with Gasteiger partial charge in [-0.3, -0.25) is 4.98 Å². The Kier molecular flexibility index (Phi) is 2.52. The van der Waals surface area contributed by atoms with E-state index in [2.05, 4.69) is 15.0 Å². The van der Waals surface area contributed by atoms with E-state index in [1.807, 2.05) is 24.5 Å². The first-order valence-corrected chi connectivity index (χ1v) is 6.01. The summed E-state index contributed by atoms with van der Waals surface area (Å²) in [5, 5.41) is 0. The molecular formula is C12H12N4OS. The number of rotatable bonds is 2. The van der Waals surface area contributed by atoms with Gasteiger partial charge in [0, 0.05) is 6.20 Å². The number of imidazole rings is 1. The quantitative estimate of drug-likeness (QED) is 0.720. The smallest absolute Gasteiger partial charge is 0.214 e. The van der Waals surface area contributed by atoms with Gasteiger partial charge in [-0.25, -0.2) is 4.98 Å². The lowest BCUT2D eigenvalue weighted by atomic mass is 10.4. The number of hydrogen-bond acceptors (Lipinski definition) is 4. The Labute approximate surface area is 108 Å². The summed E-state index contributed by atoms with van der Waals surface area (Å²) < 4.78 is 8.18. The van der Waals surface area contributed by atoms with Crippen molar-refractivity contribution in [3.05, 3.63) is 40.6 Å². The maximum absolute atomic E-state index is 5.58. The number of nitrogens with one attached hydrogen (secondary N) is 1. The van der Waals surface area contributed by atoms with E-state index in [1.165, 1.54) is 0 Å². The van der Waals surface area contributed by atoms with Crippen LogP contribution >= 0.6 is 12.2 Å². The van der Waals surface area contributed by atoms with Gasteiger partial charge in [-0.05, 0) is 32.1 Å². The SMILES string of the molecule is Cc1nc(Cn2c(=S)[nH]c3cnccc32)oc1C. The topological polar surface area (TPSA) is 59.6 Å².